The number of carbonyl (C=O) groups is 1. The van der Waals surface area contributed by atoms with Crippen molar-refractivity contribution < 1.29 is 22.7 Å². The maximum absolute atomic E-state index is 13.7. The fourth-order valence-corrected chi connectivity index (χ4v) is 5.79. The van der Waals surface area contributed by atoms with Crippen molar-refractivity contribution in [3.05, 3.63) is 78.4 Å². The summed E-state index contributed by atoms with van der Waals surface area (Å²) in [5, 5.41) is 0. The van der Waals surface area contributed by atoms with Crippen LogP contribution in [0.2, 0.25) is 0 Å². The Morgan fingerprint density at radius 2 is 1.67 bits per heavy atom. The van der Waals surface area contributed by atoms with Crippen LogP contribution in [0.25, 0.3) is 0 Å². The number of hydrogen-bond acceptors (Lipinski definition) is 5. The van der Waals surface area contributed by atoms with E-state index in [1.165, 1.54) is 12.1 Å². The number of hydrogen-bond donors (Lipinski definition) is 0. The highest BCUT2D eigenvalue weighted by Crippen LogP contribution is 2.37. The molecule has 8 heteroatoms. The van der Waals surface area contributed by atoms with Crippen LogP contribution >= 0.6 is 0 Å². The summed E-state index contributed by atoms with van der Waals surface area (Å²) in [4.78, 5) is 15.3. The number of nitrogens with zero attached hydrogens (tertiary/aromatic N) is 2. The highest BCUT2D eigenvalue weighted by Gasteiger charge is 2.35. The highest BCUT2D eigenvalue weighted by molar-refractivity contribution is 7.92. The van der Waals surface area contributed by atoms with Gasteiger partial charge in [0.1, 0.15) is 19.8 Å². The van der Waals surface area contributed by atoms with Crippen molar-refractivity contribution in [3.63, 3.8) is 0 Å². The molecule has 0 saturated heterocycles. The van der Waals surface area contributed by atoms with Gasteiger partial charge in [-0.15, -0.1) is 0 Å². The number of ether oxygens (including phenoxy) is 2. The molecule has 1 amide bonds. The Morgan fingerprint density at radius 1 is 0.970 bits per heavy atom. The van der Waals surface area contributed by atoms with Gasteiger partial charge in [-0.3, -0.25) is 9.10 Å². The molecule has 2 heterocycles. The van der Waals surface area contributed by atoms with E-state index in [1.54, 1.807) is 41.3 Å². The summed E-state index contributed by atoms with van der Waals surface area (Å²) in [5.41, 5.74) is 2.25. The Balaban J connectivity index is 1.54. The van der Waals surface area contributed by atoms with Gasteiger partial charge in [-0.1, -0.05) is 36.4 Å². The van der Waals surface area contributed by atoms with Crippen LogP contribution in [-0.2, 0) is 21.2 Å². The lowest BCUT2D eigenvalue weighted by Crippen LogP contribution is -2.45. The number of amides is 1. The first kappa shape index (κ1) is 21.3. The topological polar surface area (TPSA) is 76.2 Å². The minimum absolute atomic E-state index is 0.0588. The van der Waals surface area contributed by atoms with Crippen LogP contribution in [0.5, 0.6) is 11.5 Å². The summed E-state index contributed by atoms with van der Waals surface area (Å²) >= 11 is 0. The first-order valence-corrected chi connectivity index (χ1v) is 12.3. The molecule has 2 aliphatic rings. The van der Waals surface area contributed by atoms with E-state index in [0.29, 0.717) is 30.4 Å². The van der Waals surface area contributed by atoms with Gasteiger partial charge in [-0.25, -0.2) is 8.42 Å². The molecule has 170 valence electrons. The molecule has 0 spiro atoms. The normalized spacial score (nSPS) is 16.9. The molecule has 1 atom stereocenters. The number of anilines is 2. The molecule has 0 unspecified atom stereocenters. The van der Waals surface area contributed by atoms with Crippen molar-refractivity contribution in [1.82, 2.24) is 0 Å². The van der Waals surface area contributed by atoms with Gasteiger partial charge in [0, 0.05) is 17.8 Å². The third-order valence-electron chi connectivity index (χ3n) is 5.90. The highest BCUT2D eigenvalue weighted by atomic mass is 32.2. The molecule has 7 nitrogen and oxygen atoms in total. The Morgan fingerprint density at radius 3 is 2.45 bits per heavy atom. The van der Waals surface area contributed by atoms with E-state index >= 15 is 0 Å². The number of carbonyl (C=O) groups excluding carboxylic acids is 1. The van der Waals surface area contributed by atoms with Crippen molar-refractivity contribution in [2.75, 3.05) is 29.0 Å². The fourth-order valence-electron chi connectivity index (χ4n) is 4.37. The number of rotatable bonds is 5. The minimum atomic E-state index is -4.01. The van der Waals surface area contributed by atoms with E-state index in [0.717, 1.165) is 22.0 Å². The van der Waals surface area contributed by atoms with Gasteiger partial charge in [-0.05, 0) is 49.2 Å². The lowest BCUT2D eigenvalue weighted by Gasteiger charge is -2.29. The van der Waals surface area contributed by atoms with Gasteiger partial charge in [0.15, 0.2) is 11.5 Å². The number of para-hydroxylation sites is 1. The molecular weight excluding hydrogens is 440 g/mol. The molecule has 3 aromatic rings. The van der Waals surface area contributed by atoms with Crippen LogP contribution in [0.3, 0.4) is 0 Å². The van der Waals surface area contributed by atoms with Gasteiger partial charge in [-0.2, -0.15) is 0 Å². The zero-order valence-electron chi connectivity index (χ0n) is 18.2. The van der Waals surface area contributed by atoms with E-state index in [2.05, 4.69) is 0 Å². The monoisotopic (exact) mass is 464 g/mol. The molecule has 3 aromatic carbocycles. The van der Waals surface area contributed by atoms with Crippen LogP contribution < -0.4 is 18.7 Å². The molecule has 5 rings (SSSR count). The van der Waals surface area contributed by atoms with E-state index < -0.39 is 10.0 Å². The molecule has 0 aromatic heterocycles. The minimum Gasteiger partial charge on any atom is -0.486 e. The Kier molecular flexibility index (Phi) is 5.46. The van der Waals surface area contributed by atoms with Gasteiger partial charge < -0.3 is 14.4 Å². The second-order valence-electron chi connectivity index (χ2n) is 8.10. The Bertz CT molecular complexity index is 1290. The second kappa shape index (κ2) is 8.44. The SMILES string of the molecule is C[C@@H]1Cc2ccccc2N1C(=O)CN(c1ccc2c(c1)OCCO2)S(=O)(=O)c1ccccc1. The molecular formula is C25H24N2O5S. The number of benzene rings is 3. The van der Waals surface area contributed by atoms with Gasteiger partial charge in [0.05, 0.1) is 10.6 Å². The maximum Gasteiger partial charge on any atom is 0.264 e. The van der Waals surface area contributed by atoms with E-state index in [-0.39, 0.29) is 23.4 Å². The summed E-state index contributed by atoms with van der Waals surface area (Å²) in [6.45, 7) is 2.44. The van der Waals surface area contributed by atoms with E-state index in [1.807, 2.05) is 31.2 Å². The van der Waals surface area contributed by atoms with E-state index in [4.69, 9.17) is 9.47 Å². The van der Waals surface area contributed by atoms with Gasteiger partial charge in [0.25, 0.3) is 10.0 Å². The fraction of sp³-hybridized carbons (Fsp3) is 0.240. The average Bonchev–Trinajstić information content (AvgIpc) is 3.18. The quantitative estimate of drug-likeness (QED) is 0.576. The van der Waals surface area contributed by atoms with Crippen molar-refractivity contribution in [2.24, 2.45) is 0 Å². The number of sulfonamides is 1. The van der Waals surface area contributed by atoms with Crippen LogP contribution in [0.4, 0.5) is 11.4 Å². The summed E-state index contributed by atoms with van der Waals surface area (Å²) in [6, 6.07) is 20.7. The predicted octanol–water partition coefficient (Wildman–Crippen LogP) is 3.63. The summed E-state index contributed by atoms with van der Waals surface area (Å²) in [7, 11) is -4.01. The predicted molar refractivity (Wildman–Crippen MR) is 125 cm³/mol. The molecule has 0 aliphatic carbocycles. The average molecular weight is 465 g/mol. The van der Waals surface area contributed by atoms with Crippen LogP contribution in [0, 0.1) is 0 Å². The first-order chi connectivity index (χ1) is 15.9. The third-order valence-corrected chi connectivity index (χ3v) is 7.69. The van der Waals surface area contributed by atoms with Gasteiger partial charge in [0.2, 0.25) is 5.91 Å². The van der Waals surface area contributed by atoms with E-state index in [9.17, 15) is 13.2 Å². The summed E-state index contributed by atoms with van der Waals surface area (Å²) in [6.07, 6.45) is 0.734. The van der Waals surface area contributed by atoms with Crippen molar-refractivity contribution in [2.45, 2.75) is 24.3 Å². The lowest BCUT2D eigenvalue weighted by molar-refractivity contribution is -0.117. The molecule has 0 bridgehead atoms. The molecule has 0 N–H and O–H groups in total. The maximum atomic E-state index is 13.7. The first-order valence-electron chi connectivity index (χ1n) is 10.8. The molecule has 2 aliphatic heterocycles. The summed E-state index contributed by atoms with van der Waals surface area (Å²) < 4.78 is 39.7. The van der Waals surface area contributed by atoms with Crippen molar-refractivity contribution in [3.8, 4) is 11.5 Å². The van der Waals surface area contributed by atoms with Crippen LogP contribution in [0.15, 0.2) is 77.7 Å². The summed E-state index contributed by atoms with van der Waals surface area (Å²) in [5.74, 6) is 0.719. The van der Waals surface area contributed by atoms with Gasteiger partial charge >= 0.3 is 0 Å². The van der Waals surface area contributed by atoms with Crippen molar-refractivity contribution >= 4 is 27.3 Å². The smallest absolute Gasteiger partial charge is 0.264 e. The second-order valence-corrected chi connectivity index (χ2v) is 9.96. The molecule has 33 heavy (non-hydrogen) atoms. The lowest BCUT2D eigenvalue weighted by atomic mass is 10.1. The van der Waals surface area contributed by atoms with Crippen molar-refractivity contribution in [1.29, 1.82) is 0 Å². The molecule has 0 fully saturated rings. The zero-order valence-corrected chi connectivity index (χ0v) is 19.0. The third kappa shape index (κ3) is 3.91. The standard InChI is InChI=1S/C25H24N2O5S/c1-18-15-19-7-5-6-10-22(19)27(18)25(28)17-26(33(29,30)21-8-3-2-4-9-21)20-11-12-23-24(16-20)32-14-13-31-23/h2-12,16,18H,13-15,17H2,1H3/t18-/m1/s1. The van der Waals surface area contributed by atoms with Crippen LogP contribution in [0.1, 0.15) is 12.5 Å². The molecule has 0 radical (unpaired) electrons. The zero-order chi connectivity index (χ0) is 23.0. The number of fused-ring (bicyclic) bond motifs is 2. The van der Waals surface area contributed by atoms with Crippen LogP contribution in [-0.4, -0.2) is 40.1 Å². The largest absolute Gasteiger partial charge is 0.486 e. The Hall–Kier alpha value is -3.52. The molecule has 0 saturated carbocycles. The Labute approximate surface area is 193 Å².